The van der Waals surface area contributed by atoms with Gasteiger partial charge in [0.05, 0.1) is 11.8 Å². The van der Waals surface area contributed by atoms with E-state index in [0.29, 0.717) is 0 Å². The summed E-state index contributed by atoms with van der Waals surface area (Å²) in [5.74, 6) is -0.874. The topological polar surface area (TPSA) is 46.2 Å². The fourth-order valence-corrected chi connectivity index (χ4v) is 1.40. The first-order chi connectivity index (χ1) is 5.29. The summed E-state index contributed by atoms with van der Waals surface area (Å²) in [4.78, 5) is 22.0. The zero-order chi connectivity index (χ0) is 7.84. The van der Waals surface area contributed by atoms with E-state index in [2.05, 4.69) is 5.32 Å². The van der Waals surface area contributed by atoms with Crippen molar-refractivity contribution in [2.45, 2.75) is 0 Å². The van der Waals surface area contributed by atoms with Crippen LogP contribution >= 0.6 is 0 Å². The fourth-order valence-electron chi connectivity index (χ4n) is 1.40. The molecule has 0 aromatic carbocycles. The van der Waals surface area contributed by atoms with Gasteiger partial charge in [0.25, 0.3) is 0 Å². The Balaban J connectivity index is 2.37. The van der Waals surface area contributed by atoms with Gasteiger partial charge in [-0.05, 0) is 0 Å². The summed E-state index contributed by atoms with van der Waals surface area (Å²) in [6.45, 7) is 0. The molecule has 3 nitrogen and oxygen atoms in total. The van der Waals surface area contributed by atoms with Crippen molar-refractivity contribution in [1.82, 2.24) is 5.32 Å². The van der Waals surface area contributed by atoms with Gasteiger partial charge < -0.3 is 0 Å². The number of imide groups is 1. The lowest BCUT2D eigenvalue weighted by Gasteiger charge is -2.08. The molecule has 56 valence electrons. The van der Waals surface area contributed by atoms with Crippen molar-refractivity contribution in [1.29, 1.82) is 0 Å². The molecule has 1 N–H and O–H groups in total. The Hall–Kier alpha value is -1.38. The summed E-state index contributed by atoms with van der Waals surface area (Å²) in [5, 5.41) is 2.28. The molecule has 0 radical (unpaired) electrons. The Bertz CT molecular complexity index is 250. The van der Waals surface area contributed by atoms with Crippen molar-refractivity contribution in [3.8, 4) is 0 Å². The van der Waals surface area contributed by atoms with Gasteiger partial charge in [-0.1, -0.05) is 24.3 Å². The lowest BCUT2D eigenvalue weighted by Crippen LogP contribution is -2.21. The van der Waals surface area contributed by atoms with Crippen LogP contribution in [0.5, 0.6) is 0 Å². The van der Waals surface area contributed by atoms with Crippen molar-refractivity contribution < 1.29 is 9.59 Å². The maximum Gasteiger partial charge on any atom is 0.234 e. The summed E-state index contributed by atoms with van der Waals surface area (Å²) in [5.41, 5.74) is 0. The summed E-state index contributed by atoms with van der Waals surface area (Å²) >= 11 is 0. The molecule has 2 aliphatic rings. The summed E-state index contributed by atoms with van der Waals surface area (Å²) < 4.78 is 0. The molecule has 0 aromatic rings. The number of allylic oxidation sites excluding steroid dienone is 2. The zero-order valence-electron chi connectivity index (χ0n) is 5.78. The average molecular weight is 149 g/mol. The monoisotopic (exact) mass is 149 g/mol. The second-order valence-corrected chi connectivity index (χ2v) is 2.67. The highest BCUT2D eigenvalue weighted by Crippen LogP contribution is 2.24. The van der Waals surface area contributed by atoms with Gasteiger partial charge in [0.1, 0.15) is 0 Å². The maximum atomic E-state index is 11.0. The van der Waals surface area contributed by atoms with E-state index in [9.17, 15) is 9.59 Å². The average Bonchev–Trinajstić information content (AvgIpc) is 2.30. The van der Waals surface area contributed by atoms with Crippen molar-refractivity contribution in [2.24, 2.45) is 11.8 Å². The van der Waals surface area contributed by atoms with E-state index < -0.39 is 0 Å². The SMILES string of the molecule is O=C1NC(=O)C2C=CC=CC12. The molecule has 0 bridgehead atoms. The van der Waals surface area contributed by atoms with Crippen LogP contribution in [0.2, 0.25) is 0 Å². The van der Waals surface area contributed by atoms with Gasteiger partial charge in [-0.15, -0.1) is 0 Å². The molecule has 1 saturated heterocycles. The van der Waals surface area contributed by atoms with E-state index in [0.717, 1.165) is 0 Å². The molecule has 2 rings (SSSR count). The Morgan fingerprint density at radius 3 is 1.91 bits per heavy atom. The molecule has 1 aliphatic heterocycles. The molecule has 0 saturated carbocycles. The van der Waals surface area contributed by atoms with Gasteiger partial charge in [-0.2, -0.15) is 0 Å². The van der Waals surface area contributed by atoms with Gasteiger partial charge in [0.15, 0.2) is 0 Å². The van der Waals surface area contributed by atoms with E-state index in [4.69, 9.17) is 0 Å². The number of hydrogen-bond donors (Lipinski definition) is 1. The van der Waals surface area contributed by atoms with Crippen LogP contribution in [0, 0.1) is 11.8 Å². The molecule has 0 aromatic heterocycles. The number of hydrogen-bond acceptors (Lipinski definition) is 2. The van der Waals surface area contributed by atoms with Crippen LogP contribution in [0.25, 0.3) is 0 Å². The third-order valence-electron chi connectivity index (χ3n) is 1.99. The van der Waals surface area contributed by atoms with E-state index in [-0.39, 0.29) is 23.7 Å². The minimum Gasteiger partial charge on any atom is -0.295 e. The second kappa shape index (κ2) is 2.05. The molecule has 1 aliphatic carbocycles. The zero-order valence-corrected chi connectivity index (χ0v) is 5.78. The molecule has 11 heavy (non-hydrogen) atoms. The normalized spacial score (nSPS) is 33.8. The molecule has 2 atom stereocenters. The molecule has 3 heteroatoms. The standard InChI is InChI=1S/C8H7NO2/c10-7-5-3-1-2-4-6(5)8(11)9-7/h1-6H,(H,9,10,11). The van der Waals surface area contributed by atoms with Crippen LogP contribution in [0.15, 0.2) is 24.3 Å². The highest BCUT2D eigenvalue weighted by atomic mass is 16.2. The first kappa shape index (κ1) is 6.34. The second-order valence-electron chi connectivity index (χ2n) is 2.67. The van der Waals surface area contributed by atoms with Crippen LogP contribution in [-0.4, -0.2) is 11.8 Å². The summed E-state index contributed by atoms with van der Waals surface area (Å²) in [6.07, 6.45) is 7.09. The number of amides is 2. The smallest absolute Gasteiger partial charge is 0.234 e. The molecule has 1 fully saturated rings. The lowest BCUT2D eigenvalue weighted by atomic mass is 9.91. The Morgan fingerprint density at radius 2 is 1.45 bits per heavy atom. The summed E-state index contributed by atoms with van der Waals surface area (Å²) in [6, 6.07) is 0. The quantitative estimate of drug-likeness (QED) is 0.493. The molecule has 0 spiro atoms. The highest BCUT2D eigenvalue weighted by molar-refractivity contribution is 6.07. The predicted molar refractivity (Wildman–Crippen MR) is 38.4 cm³/mol. The molecular weight excluding hydrogens is 142 g/mol. The van der Waals surface area contributed by atoms with Gasteiger partial charge >= 0.3 is 0 Å². The Labute approximate surface area is 63.8 Å². The molecule has 2 amide bonds. The molecule has 1 heterocycles. The van der Waals surface area contributed by atoms with Crippen LogP contribution in [0.1, 0.15) is 0 Å². The first-order valence-electron chi connectivity index (χ1n) is 3.49. The minimum atomic E-state index is -0.257. The maximum absolute atomic E-state index is 11.0. The minimum absolute atomic E-state index is 0.180. The number of carbonyl (C=O) groups is 2. The van der Waals surface area contributed by atoms with Gasteiger partial charge in [0, 0.05) is 0 Å². The number of rotatable bonds is 0. The van der Waals surface area contributed by atoms with Crippen LogP contribution in [0.4, 0.5) is 0 Å². The van der Waals surface area contributed by atoms with E-state index in [1.165, 1.54) is 0 Å². The number of carbonyl (C=O) groups excluding carboxylic acids is 2. The number of nitrogens with one attached hydrogen (secondary N) is 1. The van der Waals surface area contributed by atoms with Crippen molar-refractivity contribution >= 4 is 11.8 Å². The third kappa shape index (κ3) is 0.808. The van der Waals surface area contributed by atoms with Crippen LogP contribution < -0.4 is 5.32 Å². The van der Waals surface area contributed by atoms with Crippen LogP contribution in [-0.2, 0) is 9.59 Å². The van der Waals surface area contributed by atoms with Gasteiger partial charge in [-0.25, -0.2) is 0 Å². The number of fused-ring (bicyclic) bond motifs is 1. The first-order valence-corrected chi connectivity index (χ1v) is 3.49. The van der Waals surface area contributed by atoms with Crippen molar-refractivity contribution in [3.63, 3.8) is 0 Å². The third-order valence-corrected chi connectivity index (χ3v) is 1.99. The predicted octanol–water partition coefficient (Wildman–Crippen LogP) is 0.00120. The summed E-state index contributed by atoms with van der Waals surface area (Å²) in [7, 11) is 0. The van der Waals surface area contributed by atoms with Crippen molar-refractivity contribution in [2.75, 3.05) is 0 Å². The lowest BCUT2D eigenvalue weighted by molar-refractivity contribution is -0.125. The molecule has 2 unspecified atom stereocenters. The fraction of sp³-hybridized carbons (Fsp3) is 0.250. The largest absolute Gasteiger partial charge is 0.295 e. The van der Waals surface area contributed by atoms with E-state index >= 15 is 0 Å². The van der Waals surface area contributed by atoms with Crippen molar-refractivity contribution in [3.05, 3.63) is 24.3 Å². The van der Waals surface area contributed by atoms with Gasteiger partial charge in [0.2, 0.25) is 11.8 Å². The van der Waals surface area contributed by atoms with Crippen LogP contribution in [0.3, 0.4) is 0 Å². The Kier molecular flexibility index (Phi) is 1.18. The Morgan fingerprint density at radius 1 is 1.00 bits per heavy atom. The highest BCUT2D eigenvalue weighted by Gasteiger charge is 2.38. The molecular formula is C8H7NO2. The van der Waals surface area contributed by atoms with E-state index in [1.807, 2.05) is 0 Å². The van der Waals surface area contributed by atoms with Gasteiger partial charge in [-0.3, -0.25) is 14.9 Å². The van der Waals surface area contributed by atoms with E-state index in [1.54, 1.807) is 24.3 Å².